The normalized spacial score (nSPS) is 24.8. The Balaban J connectivity index is 1.45. The molecule has 0 spiro atoms. The van der Waals surface area contributed by atoms with Gasteiger partial charge in [-0.15, -0.1) is 0 Å². The highest BCUT2D eigenvalue weighted by atomic mass is 16.5. The maximum atomic E-state index is 13.0. The summed E-state index contributed by atoms with van der Waals surface area (Å²) in [5, 5.41) is 0. The van der Waals surface area contributed by atoms with E-state index < -0.39 is 0 Å². The molecule has 5 rings (SSSR count). The van der Waals surface area contributed by atoms with Crippen molar-refractivity contribution < 1.29 is 14.3 Å². The third-order valence-electron chi connectivity index (χ3n) is 7.31. The zero-order chi connectivity index (χ0) is 19.9. The fraction of sp³-hybridized carbons (Fsp3) is 0.625. The van der Waals surface area contributed by atoms with Crippen molar-refractivity contribution in [2.45, 2.75) is 46.0 Å². The third kappa shape index (κ3) is 3.54. The van der Waals surface area contributed by atoms with Crippen molar-refractivity contribution >= 4 is 5.91 Å². The highest BCUT2D eigenvalue weighted by molar-refractivity contribution is 5.81. The second-order valence-corrected chi connectivity index (χ2v) is 9.29. The molecule has 0 aliphatic heterocycles. The van der Waals surface area contributed by atoms with E-state index in [2.05, 4.69) is 30.9 Å². The first-order valence-electron chi connectivity index (χ1n) is 10.6. The fourth-order valence-corrected chi connectivity index (χ4v) is 5.03. The Hall–Kier alpha value is -1.97. The van der Waals surface area contributed by atoms with Gasteiger partial charge < -0.3 is 14.4 Å². The summed E-state index contributed by atoms with van der Waals surface area (Å²) in [5.41, 5.74) is 3.07. The predicted octanol–water partition coefficient (Wildman–Crippen LogP) is 4.48. The molecule has 152 valence electrons. The summed E-state index contributed by atoms with van der Waals surface area (Å²) in [4.78, 5) is 15.1. The molecule has 4 nitrogen and oxygen atoms in total. The number of fused-ring (bicyclic) bond motifs is 1. The van der Waals surface area contributed by atoms with Gasteiger partial charge in [0, 0.05) is 19.0 Å². The summed E-state index contributed by atoms with van der Waals surface area (Å²) in [6.45, 7) is 6.37. The van der Waals surface area contributed by atoms with E-state index in [1.54, 1.807) is 14.2 Å². The van der Waals surface area contributed by atoms with E-state index in [-0.39, 0.29) is 5.92 Å². The number of carbonyl (C=O) groups is 1. The Morgan fingerprint density at radius 1 is 1.18 bits per heavy atom. The largest absolute Gasteiger partial charge is 0.493 e. The molecule has 1 amide bonds. The lowest BCUT2D eigenvalue weighted by atomic mass is 9.49. The first-order valence-corrected chi connectivity index (χ1v) is 10.6. The predicted molar refractivity (Wildman–Crippen MR) is 111 cm³/mol. The van der Waals surface area contributed by atoms with Crippen LogP contribution in [0.15, 0.2) is 29.8 Å². The zero-order valence-corrected chi connectivity index (χ0v) is 17.7. The number of benzene rings is 1. The molecule has 0 N–H and O–H groups in total. The van der Waals surface area contributed by atoms with Crippen LogP contribution in [0.1, 0.15) is 45.1 Å². The molecular formula is C24H33NO3. The first-order chi connectivity index (χ1) is 13.4. The van der Waals surface area contributed by atoms with Gasteiger partial charge in [0.1, 0.15) is 0 Å². The zero-order valence-electron chi connectivity index (χ0n) is 17.7. The molecule has 1 aromatic rings. The quantitative estimate of drug-likeness (QED) is 0.622. The van der Waals surface area contributed by atoms with E-state index in [9.17, 15) is 4.79 Å². The van der Waals surface area contributed by atoms with Crippen molar-refractivity contribution in [1.29, 1.82) is 0 Å². The molecule has 28 heavy (non-hydrogen) atoms. The van der Waals surface area contributed by atoms with Gasteiger partial charge in [0.05, 0.1) is 14.2 Å². The van der Waals surface area contributed by atoms with Crippen molar-refractivity contribution in [3.05, 3.63) is 35.4 Å². The Morgan fingerprint density at radius 2 is 1.93 bits per heavy atom. The Bertz CT molecular complexity index is 778. The van der Waals surface area contributed by atoms with Crippen LogP contribution in [0.4, 0.5) is 0 Å². The maximum absolute atomic E-state index is 13.0. The van der Waals surface area contributed by atoms with Crippen molar-refractivity contribution in [2.75, 3.05) is 27.3 Å². The average Bonchev–Trinajstić information content (AvgIpc) is 3.55. The monoisotopic (exact) mass is 383 g/mol. The Kier molecular flexibility index (Phi) is 5.15. The van der Waals surface area contributed by atoms with Gasteiger partial charge in [-0.05, 0) is 67.1 Å². The molecule has 0 heterocycles. The Labute approximate surface area is 168 Å². The van der Waals surface area contributed by atoms with Crippen molar-refractivity contribution in [3.63, 3.8) is 0 Å². The van der Waals surface area contributed by atoms with Crippen molar-refractivity contribution in [1.82, 2.24) is 4.90 Å². The summed E-state index contributed by atoms with van der Waals surface area (Å²) in [7, 11) is 3.31. The highest BCUT2D eigenvalue weighted by Gasteiger charge is 2.51. The van der Waals surface area contributed by atoms with Crippen LogP contribution < -0.4 is 9.47 Å². The molecule has 4 aliphatic carbocycles. The average molecular weight is 384 g/mol. The van der Waals surface area contributed by atoms with Crippen LogP contribution in [0.25, 0.3) is 0 Å². The maximum Gasteiger partial charge on any atom is 0.225 e. The molecule has 2 fully saturated rings. The molecule has 0 aromatic heterocycles. The van der Waals surface area contributed by atoms with Gasteiger partial charge in [0.2, 0.25) is 5.91 Å². The van der Waals surface area contributed by atoms with Gasteiger partial charge in [-0.2, -0.15) is 0 Å². The number of amides is 1. The molecule has 2 bridgehead atoms. The number of rotatable bonds is 8. The SMILES string of the molecule is COc1ccc(CCN(CC2=CCC3CC2C3(C)C)C(=O)C2CC2)cc1OC. The number of nitrogens with zero attached hydrogens (tertiary/aromatic N) is 1. The molecule has 2 atom stereocenters. The number of hydrogen-bond donors (Lipinski definition) is 0. The molecule has 0 saturated heterocycles. The first kappa shape index (κ1) is 19.4. The van der Waals surface area contributed by atoms with E-state index in [1.165, 1.54) is 24.0 Å². The van der Waals surface area contributed by atoms with E-state index in [1.807, 2.05) is 12.1 Å². The number of carbonyl (C=O) groups excluding carboxylic acids is 1. The van der Waals surface area contributed by atoms with Crippen LogP contribution in [-0.4, -0.2) is 38.1 Å². The van der Waals surface area contributed by atoms with Crippen LogP contribution in [0.2, 0.25) is 0 Å². The minimum atomic E-state index is 0.261. The molecule has 0 radical (unpaired) electrons. The van der Waals surface area contributed by atoms with Gasteiger partial charge in [0.15, 0.2) is 11.5 Å². The van der Waals surface area contributed by atoms with E-state index >= 15 is 0 Å². The standard InChI is InChI=1S/C24H33NO3/c1-24(2)19-9-8-18(20(24)14-19)15-25(23(26)17-6-7-17)12-11-16-5-10-21(27-3)22(13-16)28-4/h5,8,10,13,17,19-20H,6-7,9,11-12,14-15H2,1-4H3. The molecule has 2 unspecified atom stereocenters. The summed E-state index contributed by atoms with van der Waals surface area (Å²) >= 11 is 0. The van der Waals surface area contributed by atoms with Crippen LogP contribution in [0, 0.1) is 23.2 Å². The molecule has 4 aliphatic rings. The van der Waals surface area contributed by atoms with Crippen LogP contribution in [-0.2, 0) is 11.2 Å². The minimum absolute atomic E-state index is 0.261. The molecule has 4 heteroatoms. The van der Waals surface area contributed by atoms with Crippen molar-refractivity contribution in [3.8, 4) is 11.5 Å². The number of methoxy groups -OCH3 is 2. The van der Waals surface area contributed by atoms with Gasteiger partial charge >= 0.3 is 0 Å². The summed E-state index contributed by atoms with van der Waals surface area (Å²) in [6.07, 6.45) is 7.86. The van der Waals surface area contributed by atoms with Gasteiger partial charge in [-0.1, -0.05) is 31.6 Å². The lowest BCUT2D eigenvalue weighted by molar-refractivity contribution is -0.132. The Morgan fingerprint density at radius 3 is 2.54 bits per heavy atom. The third-order valence-corrected chi connectivity index (χ3v) is 7.31. The topological polar surface area (TPSA) is 38.8 Å². The van der Waals surface area contributed by atoms with E-state index in [4.69, 9.17) is 9.47 Å². The highest BCUT2D eigenvalue weighted by Crippen LogP contribution is 2.59. The molecular weight excluding hydrogens is 350 g/mol. The summed E-state index contributed by atoms with van der Waals surface area (Å²) < 4.78 is 10.8. The second-order valence-electron chi connectivity index (χ2n) is 9.29. The van der Waals surface area contributed by atoms with Crippen LogP contribution in [0.3, 0.4) is 0 Å². The van der Waals surface area contributed by atoms with E-state index in [0.717, 1.165) is 49.8 Å². The summed E-state index contributed by atoms with van der Waals surface area (Å²) in [6, 6.07) is 6.04. The van der Waals surface area contributed by atoms with E-state index in [0.29, 0.717) is 17.2 Å². The van der Waals surface area contributed by atoms with Gasteiger partial charge in [0.25, 0.3) is 0 Å². The number of allylic oxidation sites excluding steroid dienone is 1. The van der Waals surface area contributed by atoms with Crippen LogP contribution >= 0.6 is 0 Å². The van der Waals surface area contributed by atoms with Crippen molar-refractivity contribution in [2.24, 2.45) is 23.2 Å². The fourth-order valence-electron chi connectivity index (χ4n) is 5.03. The molecule has 1 aromatic carbocycles. The number of ether oxygens (including phenoxy) is 2. The lowest BCUT2D eigenvalue weighted by Gasteiger charge is -2.57. The minimum Gasteiger partial charge on any atom is -0.493 e. The van der Waals surface area contributed by atoms with Gasteiger partial charge in [-0.3, -0.25) is 4.79 Å². The lowest BCUT2D eigenvalue weighted by Crippen LogP contribution is -2.50. The molecule has 2 saturated carbocycles. The smallest absolute Gasteiger partial charge is 0.225 e. The summed E-state index contributed by atoms with van der Waals surface area (Å²) in [5.74, 6) is 3.59. The van der Waals surface area contributed by atoms with Crippen LogP contribution in [0.5, 0.6) is 11.5 Å². The van der Waals surface area contributed by atoms with Gasteiger partial charge in [-0.25, -0.2) is 0 Å². The second kappa shape index (κ2) is 7.46. The number of hydrogen-bond acceptors (Lipinski definition) is 3.